The lowest BCUT2D eigenvalue weighted by Crippen LogP contribution is -2.49. The first kappa shape index (κ1) is 8.93. The van der Waals surface area contributed by atoms with Crippen LogP contribution >= 0.6 is 0 Å². The van der Waals surface area contributed by atoms with Crippen LogP contribution in [0.15, 0.2) is 0 Å². The smallest absolute Gasteiger partial charge is 0.101 e. The van der Waals surface area contributed by atoms with Crippen molar-refractivity contribution < 1.29 is 14.6 Å². The van der Waals surface area contributed by atoms with Crippen LogP contribution in [-0.2, 0) is 9.47 Å². The summed E-state index contributed by atoms with van der Waals surface area (Å²) in [6, 6.07) is 0. The number of methoxy groups -OCH3 is 1. The Hall–Kier alpha value is -0.160. The Bertz CT molecular complexity index is 106. The van der Waals surface area contributed by atoms with Crippen LogP contribution < -0.4 is 5.32 Å². The molecule has 0 bridgehead atoms. The quantitative estimate of drug-likeness (QED) is 0.542. The van der Waals surface area contributed by atoms with E-state index in [1.54, 1.807) is 7.11 Å². The molecule has 0 aromatic heterocycles. The van der Waals surface area contributed by atoms with Crippen LogP contribution in [0.5, 0.6) is 0 Å². The zero-order valence-electron chi connectivity index (χ0n) is 6.75. The van der Waals surface area contributed by atoms with Crippen molar-refractivity contribution in [3.05, 3.63) is 0 Å². The van der Waals surface area contributed by atoms with Gasteiger partial charge in [-0.25, -0.2) is 0 Å². The lowest BCUT2D eigenvalue weighted by molar-refractivity contribution is -0.0507. The van der Waals surface area contributed by atoms with Gasteiger partial charge in [-0.2, -0.15) is 0 Å². The summed E-state index contributed by atoms with van der Waals surface area (Å²) in [5.74, 6) is 0. The van der Waals surface area contributed by atoms with Gasteiger partial charge in [0.2, 0.25) is 0 Å². The number of rotatable bonds is 5. The molecule has 4 heteroatoms. The molecule has 0 unspecified atom stereocenters. The minimum absolute atomic E-state index is 0.293. The number of nitrogens with one attached hydrogen (secondary N) is 1. The number of hydrogen-bond acceptors (Lipinski definition) is 4. The Morgan fingerprint density at radius 3 is 2.73 bits per heavy atom. The molecular weight excluding hydrogens is 146 g/mol. The molecule has 0 radical (unpaired) electrons. The largest absolute Gasteiger partial charge is 0.388 e. The number of aliphatic hydroxyl groups excluding tert-OH is 1. The van der Waals surface area contributed by atoms with E-state index < -0.39 is 6.10 Å². The van der Waals surface area contributed by atoms with E-state index in [0.717, 1.165) is 13.1 Å². The van der Waals surface area contributed by atoms with E-state index >= 15 is 0 Å². The summed E-state index contributed by atoms with van der Waals surface area (Å²) < 4.78 is 10.0. The standard InChI is InChI=1S/C7H15NO3/c1-10-4-6(9)5-11-7-2-8-3-7/h6-9H,2-5H2,1H3/t6-/m1/s1. The first-order chi connectivity index (χ1) is 5.33. The lowest BCUT2D eigenvalue weighted by atomic mass is 10.2. The van der Waals surface area contributed by atoms with Crippen LogP contribution in [0.3, 0.4) is 0 Å². The van der Waals surface area contributed by atoms with E-state index in [9.17, 15) is 0 Å². The molecular formula is C7H15NO3. The summed E-state index contributed by atoms with van der Waals surface area (Å²) in [6.07, 6.45) is -0.192. The van der Waals surface area contributed by atoms with Crippen molar-refractivity contribution in [1.82, 2.24) is 5.32 Å². The monoisotopic (exact) mass is 161 g/mol. The highest BCUT2D eigenvalue weighted by Gasteiger charge is 2.18. The lowest BCUT2D eigenvalue weighted by Gasteiger charge is -2.27. The van der Waals surface area contributed by atoms with E-state index in [-0.39, 0.29) is 0 Å². The number of aliphatic hydroxyl groups is 1. The summed E-state index contributed by atoms with van der Waals surface area (Å²) in [5.41, 5.74) is 0. The van der Waals surface area contributed by atoms with Crippen LogP contribution in [0, 0.1) is 0 Å². The van der Waals surface area contributed by atoms with Crippen molar-refractivity contribution in [1.29, 1.82) is 0 Å². The third-order valence-corrected chi connectivity index (χ3v) is 1.63. The molecule has 2 N–H and O–H groups in total. The fraction of sp³-hybridized carbons (Fsp3) is 1.00. The van der Waals surface area contributed by atoms with Crippen LogP contribution in [0.4, 0.5) is 0 Å². The molecule has 11 heavy (non-hydrogen) atoms. The Labute approximate surface area is 66.5 Å². The Morgan fingerprint density at radius 2 is 2.27 bits per heavy atom. The third kappa shape index (κ3) is 3.16. The van der Waals surface area contributed by atoms with Gasteiger partial charge in [-0.3, -0.25) is 0 Å². The van der Waals surface area contributed by atoms with E-state index in [2.05, 4.69) is 5.32 Å². The predicted molar refractivity (Wildman–Crippen MR) is 40.5 cm³/mol. The van der Waals surface area contributed by atoms with E-state index in [1.807, 2.05) is 0 Å². The molecule has 0 saturated carbocycles. The van der Waals surface area contributed by atoms with Crippen LogP contribution in [0.2, 0.25) is 0 Å². The van der Waals surface area contributed by atoms with Crippen molar-refractivity contribution in [3.8, 4) is 0 Å². The molecule has 1 heterocycles. The molecule has 4 nitrogen and oxygen atoms in total. The molecule has 0 spiro atoms. The van der Waals surface area contributed by atoms with E-state index in [1.165, 1.54) is 0 Å². The topological polar surface area (TPSA) is 50.7 Å². The summed E-state index contributed by atoms with van der Waals surface area (Å²) in [6.45, 7) is 2.53. The van der Waals surface area contributed by atoms with Crippen molar-refractivity contribution in [2.75, 3.05) is 33.4 Å². The second kappa shape index (κ2) is 4.66. The molecule has 0 amide bonds. The fourth-order valence-corrected chi connectivity index (χ4v) is 0.868. The maximum Gasteiger partial charge on any atom is 0.101 e. The average Bonchev–Trinajstić information content (AvgIpc) is 1.85. The van der Waals surface area contributed by atoms with Gasteiger partial charge >= 0.3 is 0 Å². The van der Waals surface area contributed by atoms with Gasteiger partial charge in [0.1, 0.15) is 6.10 Å². The van der Waals surface area contributed by atoms with Crippen LogP contribution in [0.1, 0.15) is 0 Å². The van der Waals surface area contributed by atoms with E-state index in [4.69, 9.17) is 14.6 Å². The molecule has 0 aromatic carbocycles. The summed E-state index contributed by atoms with van der Waals surface area (Å²) in [4.78, 5) is 0. The maximum absolute atomic E-state index is 9.15. The molecule has 0 aliphatic carbocycles. The highest BCUT2D eigenvalue weighted by Crippen LogP contribution is 1.98. The zero-order chi connectivity index (χ0) is 8.10. The van der Waals surface area contributed by atoms with Crippen molar-refractivity contribution in [2.45, 2.75) is 12.2 Å². The highest BCUT2D eigenvalue weighted by atomic mass is 16.5. The predicted octanol–water partition coefficient (Wildman–Crippen LogP) is -1.02. The Kier molecular flexibility index (Phi) is 3.79. The van der Waals surface area contributed by atoms with Gasteiger partial charge in [-0.1, -0.05) is 0 Å². The second-order valence-corrected chi connectivity index (χ2v) is 2.72. The average molecular weight is 161 g/mol. The molecule has 0 aromatic rings. The first-order valence-electron chi connectivity index (χ1n) is 3.82. The van der Waals surface area contributed by atoms with Crippen molar-refractivity contribution >= 4 is 0 Å². The first-order valence-corrected chi connectivity index (χ1v) is 3.82. The molecule has 66 valence electrons. The van der Waals surface area contributed by atoms with Crippen molar-refractivity contribution in [3.63, 3.8) is 0 Å². The van der Waals surface area contributed by atoms with Gasteiger partial charge < -0.3 is 19.9 Å². The van der Waals surface area contributed by atoms with Crippen LogP contribution in [0.25, 0.3) is 0 Å². The third-order valence-electron chi connectivity index (χ3n) is 1.63. The molecule has 1 aliphatic rings. The minimum Gasteiger partial charge on any atom is -0.388 e. The van der Waals surface area contributed by atoms with Gasteiger partial charge in [-0.05, 0) is 0 Å². The Morgan fingerprint density at radius 1 is 1.55 bits per heavy atom. The number of hydrogen-bond donors (Lipinski definition) is 2. The molecule has 1 atom stereocenters. The highest BCUT2D eigenvalue weighted by molar-refractivity contribution is 4.75. The SMILES string of the molecule is COC[C@@H](O)COC1CNC1. The van der Waals surface area contributed by atoms with Crippen molar-refractivity contribution in [2.24, 2.45) is 0 Å². The van der Waals surface area contributed by atoms with Gasteiger partial charge in [0.05, 0.1) is 19.3 Å². The normalized spacial score (nSPS) is 21.3. The number of ether oxygens (including phenoxy) is 2. The molecule has 1 fully saturated rings. The molecule has 1 aliphatic heterocycles. The van der Waals surface area contributed by atoms with Gasteiger partial charge in [0.25, 0.3) is 0 Å². The fourth-order valence-electron chi connectivity index (χ4n) is 0.868. The van der Waals surface area contributed by atoms with E-state index in [0.29, 0.717) is 19.3 Å². The summed E-state index contributed by atoms with van der Waals surface area (Å²) in [7, 11) is 1.56. The molecule has 1 saturated heterocycles. The maximum atomic E-state index is 9.15. The minimum atomic E-state index is -0.486. The van der Waals surface area contributed by atoms with Gasteiger partial charge in [0, 0.05) is 20.2 Å². The summed E-state index contributed by atoms with van der Waals surface area (Å²) in [5, 5.41) is 12.2. The Balaban J connectivity index is 1.92. The zero-order valence-corrected chi connectivity index (χ0v) is 6.75. The van der Waals surface area contributed by atoms with Crippen LogP contribution in [-0.4, -0.2) is 50.7 Å². The van der Waals surface area contributed by atoms with Gasteiger partial charge in [-0.15, -0.1) is 0 Å². The van der Waals surface area contributed by atoms with Gasteiger partial charge in [0.15, 0.2) is 0 Å². The molecule has 1 rings (SSSR count). The summed E-state index contributed by atoms with van der Waals surface area (Å²) >= 11 is 0. The second-order valence-electron chi connectivity index (χ2n) is 2.72.